The molecule has 10 aromatic rings. The van der Waals surface area contributed by atoms with Crippen LogP contribution in [0, 0.1) is 0 Å². The summed E-state index contributed by atoms with van der Waals surface area (Å²) in [6.45, 7) is 8.25. The maximum Gasteiger partial charge on any atom is 0.164 e. The highest BCUT2D eigenvalue weighted by Gasteiger charge is 2.47. The van der Waals surface area contributed by atoms with Crippen molar-refractivity contribution in [2.75, 3.05) is 0 Å². The van der Waals surface area contributed by atoms with E-state index in [-0.39, 0.29) is 0 Å². The second-order valence-electron chi connectivity index (χ2n) is 15.9. The van der Waals surface area contributed by atoms with Gasteiger partial charge in [-0.15, -0.1) is 0 Å². The van der Waals surface area contributed by atoms with Gasteiger partial charge in [0.15, 0.2) is 17.5 Å². The van der Waals surface area contributed by atoms with E-state index in [1.54, 1.807) is 0 Å². The van der Waals surface area contributed by atoms with E-state index in [0.717, 1.165) is 27.9 Å². The zero-order chi connectivity index (χ0) is 43.6. The van der Waals surface area contributed by atoms with Gasteiger partial charge < -0.3 is 4.57 Å². The van der Waals surface area contributed by atoms with Gasteiger partial charge in [0.25, 0.3) is 0 Å². The summed E-state index contributed by atoms with van der Waals surface area (Å²) in [5.41, 5.74) is 15.0. The number of hydrogen-bond acceptors (Lipinski definition) is 3. The van der Waals surface area contributed by atoms with Crippen molar-refractivity contribution >= 4 is 27.4 Å². The van der Waals surface area contributed by atoms with E-state index in [4.69, 9.17) is 15.0 Å². The van der Waals surface area contributed by atoms with E-state index in [2.05, 4.69) is 200 Å². The third-order valence-electron chi connectivity index (χ3n) is 12.4. The predicted molar refractivity (Wildman–Crippen MR) is 268 cm³/mol. The molecule has 0 aliphatic carbocycles. The minimum absolute atomic E-state index is 0.618. The van der Waals surface area contributed by atoms with E-state index in [0.29, 0.717) is 17.5 Å². The Bertz CT molecular complexity index is 3230. The molecule has 0 radical (unpaired) electrons. The number of nitrogens with zero attached hydrogens (tertiary/aromatic N) is 4. The zero-order valence-electron chi connectivity index (χ0n) is 36.6. The molecule has 1 aliphatic rings. The first kappa shape index (κ1) is 40.1. The highest BCUT2D eigenvalue weighted by Crippen LogP contribution is 2.57. The summed E-state index contributed by atoms with van der Waals surface area (Å²) >= 11 is 0. The highest BCUT2D eigenvalue weighted by molar-refractivity contribution is 6.14. The lowest BCUT2D eigenvalue weighted by Crippen LogP contribution is -2.36. The standard InChI is InChI=1S/C58H42N4.C2H6/c1-3-4-20-39(2)43-31-33-48-49-35-34-47(40-21-10-5-11-22-40)53-54(49)62(52(48)38-43)51-36-32-44(37-50(51)58(53,45-27-16-8-17-28-45)46-29-18-9-19-30-46)57-60-55(41-23-12-6-13-24-41)59-56(61-57)42-25-14-7-15-26-42;1-2/h3-38H,1-2H3;1-2H3/b4-3-,39-20+;. The Morgan fingerprint density at radius 1 is 0.500 bits per heavy atom. The van der Waals surface area contributed by atoms with Gasteiger partial charge in [-0.25, -0.2) is 15.0 Å². The van der Waals surface area contributed by atoms with Crippen LogP contribution >= 0.6 is 0 Å². The molecule has 8 aromatic carbocycles. The molecule has 0 saturated carbocycles. The molecule has 1 aliphatic heterocycles. The van der Waals surface area contributed by atoms with Crippen molar-refractivity contribution in [3.8, 4) is 51.0 Å². The van der Waals surface area contributed by atoms with Crippen LogP contribution < -0.4 is 0 Å². The molecule has 0 atom stereocenters. The maximum absolute atomic E-state index is 5.24. The van der Waals surface area contributed by atoms with Crippen LogP contribution in [-0.4, -0.2) is 19.5 Å². The van der Waals surface area contributed by atoms with Crippen LogP contribution in [0.3, 0.4) is 0 Å². The fourth-order valence-corrected chi connectivity index (χ4v) is 9.56. The van der Waals surface area contributed by atoms with Gasteiger partial charge in [-0.05, 0) is 77.1 Å². The molecule has 0 fully saturated rings. The average Bonchev–Trinajstić information content (AvgIpc) is 3.71. The molecular weight excluding hydrogens is 777 g/mol. The maximum atomic E-state index is 5.24. The van der Waals surface area contributed by atoms with Crippen LogP contribution in [0.2, 0.25) is 0 Å². The smallest absolute Gasteiger partial charge is 0.164 e. The minimum Gasteiger partial charge on any atom is -0.309 e. The molecule has 0 bridgehead atoms. The van der Waals surface area contributed by atoms with Crippen LogP contribution in [0.5, 0.6) is 0 Å². The van der Waals surface area contributed by atoms with Crippen LogP contribution in [0.15, 0.2) is 218 Å². The monoisotopic (exact) mass is 824 g/mol. The first-order valence-electron chi connectivity index (χ1n) is 22.2. The van der Waals surface area contributed by atoms with Gasteiger partial charge in [-0.1, -0.05) is 208 Å². The SMILES string of the molecule is C/C=C\C=C(/C)c1ccc2c3ccc(-c4ccccc4)c4c3n(c2c1)-c1ccc(-c2nc(-c3ccccc3)nc(-c3ccccc3)n2)cc1C4(c1ccccc1)c1ccccc1.CC. The Labute approximate surface area is 375 Å². The Kier molecular flexibility index (Phi) is 10.7. The molecule has 0 N–H and O–H groups in total. The normalized spacial score (nSPS) is 12.8. The van der Waals surface area contributed by atoms with E-state index in [1.165, 1.54) is 60.8 Å². The number of hydrogen-bond donors (Lipinski definition) is 0. The molecular formula is C60H48N4. The fraction of sp³-hybridized carbons (Fsp3) is 0.0833. The highest BCUT2D eigenvalue weighted by atomic mass is 15.0. The van der Waals surface area contributed by atoms with Crippen LogP contribution in [0.25, 0.3) is 78.4 Å². The van der Waals surface area contributed by atoms with Gasteiger partial charge in [-0.2, -0.15) is 0 Å². The summed E-state index contributed by atoms with van der Waals surface area (Å²) in [7, 11) is 0. The molecule has 0 saturated heterocycles. The first-order chi connectivity index (χ1) is 31.6. The lowest BCUT2D eigenvalue weighted by molar-refractivity contribution is 0.729. The van der Waals surface area contributed by atoms with Crippen molar-refractivity contribution in [3.63, 3.8) is 0 Å². The number of allylic oxidation sites excluding steroid dienone is 4. The van der Waals surface area contributed by atoms with Gasteiger partial charge in [0.1, 0.15) is 0 Å². The average molecular weight is 825 g/mol. The molecule has 308 valence electrons. The lowest BCUT2D eigenvalue weighted by Gasteiger charge is -2.43. The number of benzene rings is 8. The predicted octanol–water partition coefficient (Wildman–Crippen LogP) is 15.3. The quantitative estimate of drug-likeness (QED) is 0.143. The molecule has 4 heteroatoms. The van der Waals surface area contributed by atoms with Crippen molar-refractivity contribution in [2.24, 2.45) is 0 Å². The fourth-order valence-electron chi connectivity index (χ4n) is 9.56. The van der Waals surface area contributed by atoms with Crippen molar-refractivity contribution in [3.05, 3.63) is 246 Å². The second kappa shape index (κ2) is 17.1. The molecule has 0 amide bonds. The largest absolute Gasteiger partial charge is 0.309 e. The number of fused-ring (bicyclic) bond motifs is 5. The summed E-state index contributed by atoms with van der Waals surface area (Å²) in [6.07, 6.45) is 6.38. The minimum atomic E-state index is -0.759. The Hall–Kier alpha value is -7.95. The molecule has 4 nitrogen and oxygen atoms in total. The van der Waals surface area contributed by atoms with Gasteiger partial charge in [0.2, 0.25) is 0 Å². The van der Waals surface area contributed by atoms with Crippen molar-refractivity contribution in [1.82, 2.24) is 19.5 Å². The van der Waals surface area contributed by atoms with Crippen molar-refractivity contribution < 1.29 is 0 Å². The van der Waals surface area contributed by atoms with Crippen LogP contribution in [0.4, 0.5) is 0 Å². The molecule has 64 heavy (non-hydrogen) atoms. The van der Waals surface area contributed by atoms with Gasteiger partial charge in [0, 0.05) is 33.0 Å². The van der Waals surface area contributed by atoms with Crippen molar-refractivity contribution in [2.45, 2.75) is 33.1 Å². The first-order valence-corrected chi connectivity index (χ1v) is 22.2. The molecule has 2 aromatic heterocycles. The molecule has 0 unspecified atom stereocenters. The molecule has 3 heterocycles. The van der Waals surface area contributed by atoms with Gasteiger partial charge >= 0.3 is 0 Å². The van der Waals surface area contributed by atoms with E-state index >= 15 is 0 Å². The Balaban J connectivity index is 0.00000239. The second-order valence-corrected chi connectivity index (χ2v) is 15.9. The lowest BCUT2D eigenvalue weighted by atomic mass is 9.61. The van der Waals surface area contributed by atoms with E-state index in [1.807, 2.05) is 50.2 Å². The van der Waals surface area contributed by atoms with Gasteiger partial charge in [-0.3, -0.25) is 0 Å². The Morgan fingerprint density at radius 3 is 1.55 bits per heavy atom. The summed E-state index contributed by atoms with van der Waals surface area (Å²) in [6, 6.07) is 71.9. The number of aromatic nitrogens is 4. The molecule has 11 rings (SSSR count). The van der Waals surface area contributed by atoms with E-state index < -0.39 is 5.41 Å². The molecule has 0 spiro atoms. The summed E-state index contributed by atoms with van der Waals surface area (Å²) in [4.78, 5) is 15.5. The van der Waals surface area contributed by atoms with Crippen LogP contribution in [-0.2, 0) is 5.41 Å². The number of rotatable bonds is 8. The van der Waals surface area contributed by atoms with Crippen molar-refractivity contribution in [1.29, 1.82) is 0 Å². The van der Waals surface area contributed by atoms with E-state index in [9.17, 15) is 0 Å². The third-order valence-corrected chi connectivity index (χ3v) is 12.4. The zero-order valence-corrected chi connectivity index (χ0v) is 36.6. The topological polar surface area (TPSA) is 43.6 Å². The summed E-state index contributed by atoms with van der Waals surface area (Å²) in [5.74, 6) is 1.88. The third kappa shape index (κ3) is 6.67. The summed E-state index contributed by atoms with van der Waals surface area (Å²) < 4.78 is 2.53. The van der Waals surface area contributed by atoms with Gasteiger partial charge in [0.05, 0.1) is 22.1 Å². The Morgan fingerprint density at radius 2 is 1.00 bits per heavy atom. The van der Waals surface area contributed by atoms with Crippen LogP contribution in [0.1, 0.15) is 55.5 Å². The summed E-state index contributed by atoms with van der Waals surface area (Å²) in [5, 5.41) is 2.44.